The fraction of sp³-hybridized carbons (Fsp3) is 0.178. The molecule has 0 bridgehead atoms. The number of phenols is 9. The number of benzene rings is 6. The first kappa shape index (κ1) is 37.8. The Labute approximate surface area is 330 Å². The van der Waals surface area contributed by atoms with E-state index in [0.29, 0.717) is 16.7 Å². The summed E-state index contributed by atoms with van der Waals surface area (Å²) in [5.74, 6) is -4.95. The maximum absolute atomic E-state index is 14.8. The van der Waals surface area contributed by atoms with Crippen LogP contribution in [0.15, 0.2) is 109 Å². The first-order valence-corrected chi connectivity index (χ1v) is 18.3. The number of phenolic OH excluding ortho intramolecular Hbond substituents is 9. The smallest absolute Gasteiger partial charge is 0.173 e. The Morgan fingerprint density at radius 3 is 1.79 bits per heavy atom. The zero-order chi connectivity index (χ0) is 41.0. The third kappa shape index (κ3) is 6.86. The number of ketones is 1. The first-order chi connectivity index (χ1) is 27.8. The van der Waals surface area contributed by atoms with E-state index in [0.717, 1.165) is 12.1 Å². The summed E-state index contributed by atoms with van der Waals surface area (Å²) >= 11 is 0. The Morgan fingerprint density at radius 1 is 0.586 bits per heavy atom. The van der Waals surface area contributed by atoms with Gasteiger partial charge in [-0.15, -0.1) is 0 Å². The van der Waals surface area contributed by atoms with E-state index in [-0.39, 0.29) is 80.9 Å². The maximum atomic E-state index is 14.8. The molecule has 1 unspecified atom stereocenters. The van der Waals surface area contributed by atoms with Crippen molar-refractivity contribution in [3.63, 3.8) is 0 Å². The van der Waals surface area contributed by atoms with Gasteiger partial charge in [0.1, 0.15) is 63.6 Å². The Balaban J connectivity index is 1.26. The number of aliphatic hydroxyl groups is 1. The number of hydrogen-bond donors (Lipinski definition) is 10. The number of ether oxygens (including phenoxy) is 2. The van der Waals surface area contributed by atoms with E-state index in [4.69, 9.17) is 9.47 Å². The molecule has 2 heterocycles. The molecule has 8 rings (SSSR count). The standard InChI is InChI=1S/C45H38O13/c46-24-6-1-21(2-7-24)43-37(54)19-32-38(57-43)20-36(53)39(42(32)56)31-16-26(48)10-5-23(31)15-33-40(41(55)29-13-11-27(49)17-34(29)51)44(22-3-8-25(47)9-4-22)58-45(33)30-14-12-28(50)18-35(30)52/h1-14,16-18,20,33,37,40,43-54,56H,15,19H2/t33-,37-,40?,43+,44+,45-/m1/s1. The summed E-state index contributed by atoms with van der Waals surface area (Å²) in [7, 11) is 0. The molecule has 0 aromatic heterocycles. The molecule has 6 atom stereocenters. The van der Waals surface area contributed by atoms with Crippen molar-refractivity contribution in [3.05, 3.63) is 143 Å². The van der Waals surface area contributed by atoms with Gasteiger partial charge < -0.3 is 60.5 Å². The van der Waals surface area contributed by atoms with E-state index < -0.39 is 59.3 Å². The first-order valence-electron chi connectivity index (χ1n) is 18.3. The van der Waals surface area contributed by atoms with Gasteiger partial charge in [-0.3, -0.25) is 4.79 Å². The third-order valence-electron chi connectivity index (χ3n) is 11.0. The van der Waals surface area contributed by atoms with E-state index >= 15 is 0 Å². The molecule has 6 aromatic carbocycles. The quantitative estimate of drug-likeness (QED) is 0.0707. The molecule has 0 aliphatic carbocycles. The summed E-state index contributed by atoms with van der Waals surface area (Å²) in [6, 6.07) is 25.1. The minimum Gasteiger partial charge on any atom is -0.508 e. The molecular weight excluding hydrogens is 748 g/mol. The molecule has 0 radical (unpaired) electrons. The lowest BCUT2D eigenvalue weighted by Gasteiger charge is -2.32. The molecule has 6 aromatic rings. The molecule has 58 heavy (non-hydrogen) atoms. The topological polar surface area (TPSA) is 238 Å². The predicted octanol–water partition coefficient (Wildman–Crippen LogP) is 6.91. The van der Waals surface area contributed by atoms with E-state index in [2.05, 4.69) is 0 Å². The number of aliphatic hydroxyl groups excluding tert-OH is 1. The minimum atomic E-state index is -1.14. The average Bonchev–Trinajstić information content (AvgIpc) is 3.55. The Bertz CT molecular complexity index is 2530. The van der Waals surface area contributed by atoms with Crippen molar-refractivity contribution < 1.29 is 65.3 Å². The van der Waals surface area contributed by atoms with Crippen molar-refractivity contribution in [2.75, 3.05) is 0 Å². The van der Waals surface area contributed by atoms with Crippen LogP contribution >= 0.6 is 0 Å². The van der Waals surface area contributed by atoms with Crippen LogP contribution in [-0.4, -0.2) is 63.0 Å². The van der Waals surface area contributed by atoms with Gasteiger partial charge in [0.05, 0.1) is 35.4 Å². The highest BCUT2D eigenvalue weighted by Gasteiger charge is 2.50. The Morgan fingerprint density at radius 2 is 1.16 bits per heavy atom. The van der Waals surface area contributed by atoms with Crippen LogP contribution in [0.3, 0.4) is 0 Å². The minimum absolute atomic E-state index is 0.0247. The second-order valence-electron chi connectivity index (χ2n) is 14.6. The monoisotopic (exact) mass is 786 g/mol. The molecule has 13 heteroatoms. The number of carbonyl (C=O) groups excluding carboxylic acids is 1. The number of rotatable bonds is 8. The van der Waals surface area contributed by atoms with Gasteiger partial charge in [-0.1, -0.05) is 30.3 Å². The molecule has 10 N–H and O–H groups in total. The van der Waals surface area contributed by atoms with Gasteiger partial charge in [0.15, 0.2) is 5.78 Å². The van der Waals surface area contributed by atoms with Crippen LogP contribution in [0.2, 0.25) is 0 Å². The lowest BCUT2D eigenvalue weighted by Crippen LogP contribution is -2.30. The van der Waals surface area contributed by atoms with Gasteiger partial charge in [-0.2, -0.15) is 0 Å². The highest BCUT2D eigenvalue weighted by Crippen LogP contribution is 2.56. The van der Waals surface area contributed by atoms with Crippen LogP contribution in [-0.2, 0) is 17.6 Å². The summed E-state index contributed by atoms with van der Waals surface area (Å²) < 4.78 is 12.8. The van der Waals surface area contributed by atoms with Crippen LogP contribution in [0.25, 0.3) is 11.1 Å². The van der Waals surface area contributed by atoms with Crippen LogP contribution in [0, 0.1) is 11.8 Å². The van der Waals surface area contributed by atoms with Crippen LogP contribution in [0.4, 0.5) is 0 Å². The second kappa shape index (κ2) is 14.8. The fourth-order valence-corrected chi connectivity index (χ4v) is 8.21. The van der Waals surface area contributed by atoms with Crippen molar-refractivity contribution in [2.45, 2.75) is 37.3 Å². The number of carbonyl (C=O) groups is 1. The van der Waals surface area contributed by atoms with Crippen molar-refractivity contribution in [1.82, 2.24) is 0 Å². The molecule has 13 nitrogen and oxygen atoms in total. The summed E-state index contributed by atoms with van der Waals surface area (Å²) in [5.41, 5.74) is 1.76. The highest BCUT2D eigenvalue weighted by atomic mass is 16.5. The summed E-state index contributed by atoms with van der Waals surface area (Å²) in [4.78, 5) is 14.8. The van der Waals surface area contributed by atoms with E-state index in [9.17, 15) is 55.9 Å². The van der Waals surface area contributed by atoms with Gasteiger partial charge in [0.25, 0.3) is 0 Å². The van der Waals surface area contributed by atoms with Crippen molar-refractivity contribution in [1.29, 1.82) is 0 Å². The van der Waals surface area contributed by atoms with Gasteiger partial charge in [0, 0.05) is 41.7 Å². The maximum Gasteiger partial charge on any atom is 0.173 e. The van der Waals surface area contributed by atoms with Crippen molar-refractivity contribution in [2.24, 2.45) is 11.8 Å². The number of Topliss-reactive ketones (excluding diaryl/α,β-unsaturated/α-hetero) is 1. The molecule has 2 aliphatic heterocycles. The zero-order valence-corrected chi connectivity index (χ0v) is 30.5. The zero-order valence-electron chi connectivity index (χ0n) is 30.5. The number of fused-ring (bicyclic) bond motifs is 1. The lowest BCUT2D eigenvalue weighted by atomic mass is 9.74. The highest BCUT2D eigenvalue weighted by molar-refractivity contribution is 6.01. The summed E-state index contributed by atoms with van der Waals surface area (Å²) in [6.45, 7) is 0. The summed E-state index contributed by atoms with van der Waals surface area (Å²) in [5, 5.41) is 107. The van der Waals surface area contributed by atoms with Crippen LogP contribution in [0.1, 0.15) is 56.5 Å². The van der Waals surface area contributed by atoms with Crippen LogP contribution < -0.4 is 4.74 Å². The molecule has 2 aliphatic rings. The molecular formula is C45H38O13. The van der Waals surface area contributed by atoms with Gasteiger partial charge in [0.2, 0.25) is 0 Å². The molecule has 1 saturated heterocycles. The molecule has 1 fully saturated rings. The number of hydrogen-bond acceptors (Lipinski definition) is 13. The van der Waals surface area contributed by atoms with Crippen molar-refractivity contribution in [3.8, 4) is 68.6 Å². The fourth-order valence-electron chi connectivity index (χ4n) is 8.21. The lowest BCUT2D eigenvalue weighted by molar-refractivity contribution is 0.0198. The molecule has 0 amide bonds. The largest absolute Gasteiger partial charge is 0.508 e. The van der Waals surface area contributed by atoms with Crippen molar-refractivity contribution >= 4 is 5.78 Å². The second-order valence-corrected chi connectivity index (χ2v) is 14.6. The Kier molecular flexibility index (Phi) is 9.63. The third-order valence-corrected chi connectivity index (χ3v) is 11.0. The van der Waals surface area contributed by atoms with Gasteiger partial charge in [-0.05, 0) is 89.3 Å². The van der Waals surface area contributed by atoms with E-state index in [1.54, 1.807) is 30.3 Å². The van der Waals surface area contributed by atoms with Gasteiger partial charge in [-0.25, -0.2) is 0 Å². The Hall–Kier alpha value is -7.09. The SMILES string of the molecule is O=C(c1ccc(O)cc1O)C1[C@@H](Cc2ccc(O)cc2-c2c(O)cc3c(c2O)C[C@@H](O)[C@H](c2ccc(O)cc2)O3)[C@@H](c2ccc(O)cc2O)O[C@H]1c1ccc(O)cc1. The normalized spacial score (nSPS) is 21.3. The number of aromatic hydroxyl groups is 9. The van der Waals surface area contributed by atoms with E-state index in [1.807, 2.05) is 0 Å². The molecule has 0 saturated carbocycles. The molecule has 296 valence electrons. The van der Waals surface area contributed by atoms with E-state index in [1.165, 1.54) is 66.7 Å². The van der Waals surface area contributed by atoms with Gasteiger partial charge >= 0.3 is 0 Å². The summed E-state index contributed by atoms with van der Waals surface area (Å²) in [6.07, 6.45) is -4.29. The average molecular weight is 787 g/mol. The molecule has 0 spiro atoms. The van der Waals surface area contributed by atoms with Crippen LogP contribution in [0.5, 0.6) is 57.5 Å². The predicted molar refractivity (Wildman–Crippen MR) is 207 cm³/mol.